The number of amides is 2. The molecule has 3 fully saturated rings. The van der Waals surface area contributed by atoms with Gasteiger partial charge in [-0.2, -0.15) is 0 Å². The first-order valence-corrected chi connectivity index (χ1v) is 13.5. The van der Waals surface area contributed by atoms with E-state index in [1.165, 1.54) is 37.8 Å². The van der Waals surface area contributed by atoms with Gasteiger partial charge in [0, 0.05) is 37.2 Å². The maximum atomic E-state index is 13.0. The molecule has 0 aromatic heterocycles. The van der Waals surface area contributed by atoms with Crippen molar-refractivity contribution in [3.8, 4) is 0 Å². The molecule has 0 spiro atoms. The lowest BCUT2D eigenvalue weighted by molar-refractivity contribution is -0.384. The van der Waals surface area contributed by atoms with Gasteiger partial charge in [0.2, 0.25) is 11.8 Å². The highest BCUT2D eigenvalue weighted by atomic mass is 16.6. The van der Waals surface area contributed by atoms with Crippen molar-refractivity contribution in [3.63, 3.8) is 0 Å². The predicted octanol–water partition coefficient (Wildman–Crippen LogP) is 5.07. The van der Waals surface area contributed by atoms with Crippen molar-refractivity contribution < 1.29 is 14.5 Å². The van der Waals surface area contributed by atoms with Gasteiger partial charge in [-0.25, -0.2) is 0 Å². The number of nitrogens with one attached hydrogen (secondary N) is 1. The molecule has 2 amide bonds. The molecule has 0 saturated heterocycles. The smallest absolute Gasteiger partial charge is 0.269 e. The minimum absolute atomic E-state index is 0.0161. The van der Waals surface area contributed by atoms with Crippen LogP contribution in [0, 0.1) is 44.6 Å². The standard InChI is InChI=1S/C29H39N3O4/c1-18(19-5-8-21(9-6-19)32(35)36)27(34)30-17-20-7-11-23-22-10-12-25-29(3,16-14-26(33)31(25)4)24(22)13-15-28(20,23)2/h5-6,8-9,14,16,18,20,22-25H,7,10-13,15,17H2,1-4H3,(H,30,34)/t18?,20-,22+,23+,24+,25-,28-,29-/m1/s1. The SMILES string of the molecule is CC(C(=O)NC[C@H]1CC[C@H]2[C@@H]3CC[C@H]4N(C)C(=O)C=C[C@]4(C)[C@H]3CC[C@]12C)c1ccc([N+](=O)[O-])cc1. The van der Waals surface area contributed by atoms with Gasteiger partial charge < -0.3 is 10.2 Å². The fraction of sp³-hybridized carbons (Fsp3) is 0.655. The summed E-state index contributed by atoms with van der Waals surface area (Å²) in [7, 11) is 1.97. The van der Waals surface area contributed by atoms with Gasteiger partial charge in [0.25, 0.3) is 5.69 Å². The van der Waals surface area contributed by atoms with Gasteiger partial charge in [-0.05, 0) is 86.2 Å². The number of hydrogen-bond acceptors (Lipinski definition) is 4. The average molecular weight is 494 g/mol. The molecular weight excluding hydrogens is 454 g/mol. The van der Waals surface area contributed by atoms with Crippen LogP contribution in [0.3, 0.4) is 0 Å². The number of fused-ring (bicyclic) bond motifs is 5. The number of rotatable bonds is 5. The molecule has 5 rings (SSSR count). The maximum absolute atomic E-state index is 13.0. The Morgan fingerprint density at radius 2 is 1.86 bits per heavy atom. The Balaban J connectivity index is 1.25. The molecule has 1 aromatic carbocycles. The number of benzene rings is 1. The average Bonchev–Trinajstić information content (AvgIpc) is 3.21. The lowest BCUT2D eigenvalue weighted by Crippen LogP contribution is -2.59. The predicted molar refractivity (Wildman–Crippen MR) is 138 cm³/mol. The van der Waals surface area contributed by atoms with Crippen LogP contribution in [0.5, 0.6) is 0 Å². The summed E-state index contributed by atoms with van der Waals surface area (Å²) in [6, 6.07) is 6.59. The van der Waals surface area contributed by atoms with Crippen molar-refractivity contribution in [1.82, 2.24) is 10.2 Å². The molecule has 36 heavy (non-hydrogen) atoms. The van der Waals surface area contributed by atoms with Crippen LogP contribution in [0.25, 0.3) is 0 Å². The summed E-state index contributed by atoms with van der Waals surface area (Å²) in [5.74, 6) is 2.19. The van der Waals surface area contributed by atoms with Crippen molar-refractivity contribution in [3.05, 3.63) is 52.1 Å². The number of hydrogen-bond donors (Lipinski definition) is 1. The Morgan fingerprint density at radius 3 is 2.56 bits per heavy atom. The molecule has 1 N–H and O–H groups in total. The first kappa shape index (κ1) is 25.0. The van der Waals surface area contributed by atoms with E-state index in [1.54, 1.807) is 18.2 Å². The third-order valence-electron chi connectivity index (χ3n) is 10.8. The van der Waals surface area contributed by atoms with Crippen molar-refractivity contribution in [2.75, 3.05) is 13.6 Å². The van der Waals surface area contributed by atoms with E-state index in [2.05, 4.69) is 25.2 Å². The summed E-state index contributed by atoms with van der Waals surface area (Å²) in [5.41, 5.74) is 1.12. The fourth-order valence-electron chi connectivity index (χ4n) is 8.60. The Labute approximate surface area is 213 Å². The summed E-state index contributed by atoms with van der Waals surface area (Å²) < 4.78 is 0. The second kappa shape index (κ2) is 9.00. The van der Waals surface area contributed by atoms with Crippen molar-refractivity contribution >= 4 is 17.5 Å². The van der Waals surface area contributed by atoms with Crippen LogP contribution in [-0.2, 0) is 9.59 Å². The topological polar surface area (TPSA) is 92.6 Å². The molecule has 1 aliphatic heterocycles. The summed E-state index contributed by atoms with van der Waals surface area (Å²) >= 11 is 0. The van der Waals surface area contributed by atoms with E-state index in [4.69, 9.17) is 0 Å². The van der Waals surface area contributed by atoms with E-state index in [9.17, 15) is 19.7 Å². The van der Waals surface area contributed by atoms with Gasteiger partial charge in [-0.3, -0.25) is 19.7 Å². The molecule has 4 aliphatic rings. The number of nitrogens with zero attached hydrogens (tertiary/aromatic N) is 2. The highest BCUT2D eigenvalue weighted by Crippen LogP contribution is 2.65. The number of nitro benzene ring substituents is 1. The lowest BCUT2D eigenvalue weighted by atomic mass is 9.47. The minimum Gasteiger partial charge on any atom is -0.355 e. The molecule has 1 heterocycles. The van der Waals surface area contributed by atoms with Crippen LogP contribution in [0.2, 0.25) is 0 Å². The Morgan fingerprint density at radius 1 is 1.14 bits per heavy atom. The highest BCUT2D eigenvalue weighted by Gasteiger charge is 2.60. The molecule has 7 heteroatoms. The summed E-state index contributed by atoms with van der Waals surface area (Å²) in [5, 5.41) is 14.1. The number of carbonyl (C=O) groups is 2. The zero-order chi connectivity index (χ0) is 25.8. The molecule has 1 aromatic rings. The second-order valence-electron chi connectivity index (χ2n) is 12.3. The zero-order valence-electron chi connectivity index (χ0n) is 21.9. The van der Waals surface area contributed by atoms with Gasteiger partial charge in [0.1, 0.15) is 0 Å². The van der Waals surface area contributed by atoms with Crippen LogP contribution in [-0.4, -0.2) is 41.3 Å². The maximum Gasteiger partial charge on any atom is 0.269 e. The van der Waals surface area contributed by atoms with Crippen LogP contribution in [0.15, 0.2) is 36.4 Å². The molecule has 7 nitrogen and oxygen atoms in total. The molecule has 194 valence electrons. The van der Waals surface area contributed by atoms with E-state index >= 15 is 0 Å². The summed E-state index contributed by atoms with van der Waals surface area (Å²) in [4.78, 5) is 37.8. The molecule has 0 bridgehead atoms. The second-order valence-corrected chi connectivity index (χ2v) is 12.3. The van der Waals surface area contributed by atoms with E-state index in [0.29, 0.717) is 36.3 Å². The Kier molecular flexibility index (Phi) is 6.24. The van der Waals surface area contributed by atoms with Crippen LogP contribution >= 0.6 is 0 Å². The van der Waals surface area contributed by atoms with E-state index in [1.807, 2.05) is 18.9 Å². The first-order valence-electron chi connectivity index (χ1n) is 13.5. The number of non-ortho nitro benzene ring substituents is 1. The van der Waals surface area contributed by atoms with Gasteiger partial charge in [-0.15, -0.1) is 0 Å². The first-order chi connectivity index (χ1) is 17.1. The lowest BCUT2D eigenvalue weighted by Gasteiger charge is -2.60. The normalized spacial score (nSPS) is 38.1. The minimum atomic E-state index is -0.421. The van der Waals surface area contributed by atoms with E-state index < -0.39 is 4.92 Å². The summed E-state index contributed by atoms with van der Waals surface area (Å²) in [6.07, 6.45) is 11.0. The van der Waals surface area contributed by atoms with Gasteiger partial charge in [-0.1, -0.05) is 32.1 Å². The highest BCUT2D eigenvalue weighted by molar-refractivity contribution is 5.89. The summed E-state index contributed by atoms with van der Waals surface area (Å²) in [6.45, 7) is 7.39. The molecule has 1 unspecified atom stereocenters. The quantitative estimate of drug-likeness (QED) is 0.458. The largest absolute Gasteiger partial charge is 0.355 e. The Bertz CT molecular complexity index is 1080. The van der Waals surface area contributed by atoms with Crippen molar-refractivity contribution in [1.29, 1.82) is 0 Å². The Hall–Kier alpha value is -2.70. The van der Waals surface area contributed by atoms with E-state index in [-0.39, 0.29) is 34.2 Å². The van der Waals surface area contributed by atoms with Crippen molar-refractivity contribution in [2.24, 2.45) is 34.5 Å². The number of nitro groups is 1. The van der Waals surface area contributed by atoms with Gasteiger partial charge in [0.15, 0.2) is 0 Å². The number of likely N-dealkylation sites (N-methyl/N-ethyl adjacent to an activating group) is 1. The van der Waals surface area contributed by atoms with Crippen LogP contribution in [0.4, 0.5) is 5.69 Å². The monoisotopic (exact) mass is 493 g/mol. The van der Waals surface area contributed by atoms with Crippen molar-refractivity contribution in [2.45, 2.75) is 71.3 Å². The van der Waals surface area contributed by atoms with Crippen LogP contribution in [0.1, 0.15) is 70.8 Å². The zero-order valence-corrected chi connectivity index (χ0v) is 21.9. The fourth-order valence-corrected chi connectivity index (χ4v) is 8.60. The molecule has 8 atom stereocenters. The molecular formula is C29H39N3O4. The molecule has 0 radical (unpaired) electrons. The molecule has 3 saturated carbocycles. The van der Waals surface area contributed by atoms with Gasteiger partial charge >= 0.3 is 0 Å². The van der Waals surface area contributed by atoms with E-state index in [0.717, 1.165) is 18.4 Å². The number of carbonyl (C=O) groups excluding carboxylic acids is 2. The third kappa shape index (κ3) is 3.86. The third-order valence-corrected chi connectivity index (χ3v) is 10.8. The molecule has 3 aliphatic carbocycles. The van der Waals surface area contributed by atoms with Crippen LogP contribution < -0.4 is 5.32 Å². The van der Waals surface area contributed by atoms with Gasteiger partial charge in [0.05, 0.1) is 10.8 Å².